The largest absolute Gasteiger partial charge is 0.480 e. The molecule has 0 aliphatic heterocycles. The Kier molecular flexibility index (Phi) is 3.75. The van der Waals surface area contributed by atoms with E-state index in [0.717, 1.165) is 22.2 Å². The van der Waals surface area contributed by atoms with Crippen LogP contribution < -0.4 is 5.32 Å². The highest BCUT2D eigenvalue weighted by Gasteiger charge is 2.42. The molecule has 6 heteroatoms. The number of carboxylic acid groups (broad SMARTS) is 1. The van der Waals surface area contributed by atoms with E-state index in [9.17, 15) is 14.7 Å². The summed E-state index contributed by atoms with van der Waals surface area (Å²) in [6.07, 6.45) is 2.70. The number of rotatable bonds is 3. The summed E-state index contributed by atoms with van der Waals surface area (Å²) >= 11 is 3.01. The molecule has 0 unspecified atom stereocenters. The average Bonchev–Trinajstić information content (AvgIpc) is 3.02. The molecule has 0 bridgehead atoms. The number of hydrogen-bond donors (Lipinski definition) is 2. The monoisotopic (exact) mass is 323 g/mol. The van der Waals surface area contributed by atoms with Gasteiger partial charge in [-0.05, 0) is 49.1 Å². The molecule has 1 saturated carbocycles. The predicted molar refractivity (Wildman–Crippen MR) is 85.2 cm³/mol. The van der Waals surface area contributed by atoms with E-state index in [-0.39, 0.29) is 5.91 Å². The van der Waals surface area contributed by atoms with Crippen molar-refractivity contribution in [2.75, 3.05) is 0 Å². The lowest BCUT2D eigenvalue weighted by Crippen LogP contribution is -2.56. The highest BCUT2D eigenvalue weighted by molar-refractivity contribution is 7.27. The topological polar surface area (TPSA) is 66.4 Å². The standard InChI is InChI=1S/C15H17NO3S2/c1-9-2-5-15(6-3-9,14(18)19)16-13(17)12-8-11-10(21-12)4-7-20-11/h4,7-9H,2-3,5-6H2,1H3,(H,16,17)(H,18,19). The first kappa shape index (κ1) is 14.5. The molecule has 2 aromatic heterocycles. The number of amides is 1. The molecule has 21 heavy (non-hydrogen) atoms. The van der Waals surface area contributed by atoms with Crippen molar-refractivity contribution in [1.29, 1.82) is 0 Å². The summed E-state index contributed by atoms with van der Waals surface area (Å²) < 4.78 is 2.15. The highest BCUT2D eigenvalue weighted by atomic mass is 32.1. The van der Waals surface area contributed by atoms with Crippen molar-refractivity contribution < 1.29 is 14.7 Å². The molecule has 0 saturated heterocycles. The van der Waals surface area contributed by atoms with Gasteiger partial charge in [-0.25, -0.2) is 4.79 Å². The minimum atomic E-state index is -1.10. The third-order valence-electron chi connectivity index (χ3n) is 4.25. The SMILES string of the molecule is CC1CCC(NC(=O)c2cc3sccc3s2)(C(=O)O)CC1. The van der Waals surface area contributed by atoms with Crippen LogP contribution >= 0.6 is 22.7 Å². The van der Waals surface area contributed by atoms with Gasteiger partial charge in [0.1, 0.15) is 5.54 Å². The lowest BCUT2D eigenvalue weighted by atomic mass is 9.77. The Morgan fingerprint density at radius 2 is 2.05 bits per heavy atom. The molecule has 4 nitrogen and oxygen atoms in total. The first-order chi connectivity index (χ1) is 10.00. The van der Waals surface area contributed by atoms with E-state index in [1.165, 1.54) is 11.3 Å². The Hall–Kier alpha value is -1.40. The van der Waals surface area contributed by atoms with E-state index in [1.807, 2.05) is 17.5 Å². The maximum Gasteiger partial charge on any atom is 0.329 e. The number of thiophene rings is 2. The van der Waals surface area contributed by atoms with Crippen LogP contribution in [0, 0.1) is 5.92 Å². The maximum atomic E-state index is 12.4. The number of carbonyl (C=O) groups excluding carboxylic acids is 1. The maximum absolute atomic E-state index is 12.4. The number of carboxylic acids is 1. The quantitative estimate of drug-likeness (QED) is 0.904. The van der Waals surface area contributed by atoms with Crippen molar-refractivity contribution in [2.24, 2.45) is 5.92 Å². The van der Waals surface area contributed by atoms with Gasteiger partial charge in [0, 0.05) is 9.40 Å². The summed E-state index contributed by atoms with van der Waals surface area (Å²) in [7, 11) is 0. The summed E-state index contributed by atoms with van der Waals surface area (Å²) in [6.45, 7) is 2.13. The van der Waals surface area contributed by atoms with Crippen LogP contribution in [0.15, 0.2) is 17.5 Å². The van der Waals surface area contributed by atoms with E-state index in [1.54, 1.807) is 11.3 Å². The Morgan fingerprint density at radius 3 is 2.67 bits per heavy atom. The van der Waals surface area contributed by atoms with Crippen molar-refractivity contribution in [3.8, 4) is 0 Å². The first-order valence-corrected chi connectivity index (χ1v) is 8.73. The molecule has 1 aliphatic rings. The van der Waals surface area contributed by atoms with Crippen LogP contribution in [-0.2, 0) is 4.79 Å². The first-order valence-electron chi connectivity index (χ1n) is 7.03. The smallest absolute Gasteiger partial charge is 0.329 e. The number of aliphatic carboxylic acids is 1. The normalized spacial score (nSPS) is 25.9. The molecule has 1 fully saturated rings. The van der Waals surface area contributed by atoms with Crippen molar-refractivity contribution in [3.63, 3.8) is 0 Å². The predicted octanol–water partition coefficient (Wildman–Crippen LogP) is 3.73. The molecule has 2 heterocycles. The average molecular weight is 323 g/mol. The van der Waals surface area contributed by atoms with Crippen LogP contribution in [0.3, 0.4) is 0 Å². The molecule has 2 aromatic rings. The van der Waals surface area contributed by atoms with Crippen LogP contribution in [-0.4, -0.2) is 22.5 Å². The molecule has 0 aromatic carbocycles. The molecule has 1 amide bonds. The van der Waals surface area contributed by atoms with Crippen LogP contribution in [0.5, 0.6) is 0 Å². The molecule has 3 rings (SSSR count). The molecular weight excluding hydrogens is 306 g/mol. The second-order valence-electron chi connectivity index (χ2n) is 5.78. The summed E-state index contributed by atoms with van der Waals surface area (Å²) in [5, 5.41) is 14.3. The van der Waals surface area contributed by atoms with Crippen molar-refractivity contribution in [2.45, 2.75) is 38.1 Å². The fourth-order valence-corrected chi connectivity index (χ4v) is 4.81. The van der Waals surface area contributed by atoms with Gasteiger partial charge in [-0.2, -0.15) is 0 Å². The minimum Gasteiger partial charge on any atom is -0.480 e. The van der Waals surface area contributed by atoms with Crippen molar-refractivity contribution in [3.05, 3.63) is 22.4 Å². The lowest BCUT2D eigenvalue weighted by molar-refractivity contribution is -0.146. The van der Waals surface area contributed by atoms with Gasteiger partial charge in [0.25, 0.3) is 5.91 Å². The molecule has 112 valence electrons. The number of nitrogens with one attached hydrogen (secondary N) is 1. The molecule has 2 N–H and O–H groups in total. The third kappa shape index (κ3) is 2.70. The van der Waals surface area contributed by atoms with Gasteiger partial charge in [0.2, 0.25) is 0 Å². The molecule has 1 aliphatic carbocycles. The Balaban J connectivity index is 1.81. The van der Waals surface area contributed by atoms with Gasteiger partial charge in [-0.15, -0.1) is 22.7 Å². The number of fused-ring (bicyclic) bond motifs is 1. The zero-order chi connectivity index (χ0) is 15.0. The van der Waals surface area contributed by atoms with E-state index in [4.69, 9.17) is 0 Å². The third-order valence-corrected chi connectivity index (χ3v) is 6.35. The fourth-order valence-electron chi connectivity index (χ4n) is 2.80. The van der Waals surface area contributed by atoms with E-state index in [2.05, 4.69) is 12.2 Å². The van der Waals surface area contributed by atoms with Crippen molar-refractivity contribution in [1.82, 2.24) is 5.32 Å². The van der Waals surface area contributed by atoms with Crippen LogP contribution in [0.2, 0.25) is 0 Å². The van der Waals surface area contributed by atoms with Gasteiger partial charge in [-0.3, -0.25) is 4.79 Å². The Morgan fingerprint density at radius 1 is 1.33 bits per heavy atom. The Bertz CT molecular complexity index is 651. The molecule has 0 radical (unpaired) electrons. The van der Waals surface area contributed by atoms with Gasteiger partial charge in [0.15, 0.2) is 0 Å². The van der Waals surface area contributed by atoms with Crippen LogP contribution in [0.4, 0.5) is 0 Å². The summed E-state index contributed by atoms with van der Waals surface area (Å²) in [6, 6.07) is 3.83. The fraction of sp³-hybridized carbons (Fsp3) is 0.467. The summed E-state index contributed by atoms with van der Waals surface area (Å²) in [5.41, 5.74) is -1.10. The zero-order valence-corrected chi connectivity index (χ0v) is 13.4. The van der Waals surface area contributed by atoms with E-state index < -0.39 is 11.5 Å². The molecular formula is C15H17NO3S2. The van der Waals surface area contributed by atoms with Crippen LogP contribution in [0.1, 0.15) is 42.3 Å². The second-order valence-corrected chi connectivity index (χ2v) is 7.82. The lowest BCUT2D eigenvalue weighted by Gasteiger charge is -2.36. The van der Waals surface area contributed by atoms with Gasteiger partial charge in [-0.1, -0.05) is 6.92 Å². The Labute approximate surface area is 130 Å². The number of hydrogen-bond acceptors (Lipinski definition) is 4. The second kappa shape index (κ2) is 5.42. The van der Waals surface area contributed by atoms with E-state index >= 15 is 0 Å². The van der Waals surface area contributed by atoms with Gasteiger partial charge < -0.3 is 10.4 Å². The molecule has 0 spiro atoms. The zero-order valence-electron chi connectivity index (χ0n) is 11.7. The van der Waals surface area contributed by atoms with E-state index in [0.29, 0.717) is 23.6 Å². The summed E-state index contributed by atoms with van der Waals surface area (Å²) in [5.74, 6) is -0.650. The molecule has 0 atom stereocenters. The summed E-state index contributed by atoms with van der Waals surface area (Å²) in [4.78, 5) is 24.7. The van der Waals surface area contributed by atoms with Gasteiger partial charge >= 0.3 is 5.97 Å². The number of carbonyl (C=O) groups is 2. The highest BCUT2D eigenvalue weighted by Crippen LogP contribution is 2.34. The minimum absolute atomic E-state index is 0.264. The van der Waals surface area contributed by atoms with Crippen molar-refractivity contribution >= 4 is 43.9 Å². The van der Waals surface area contributed by atoms with Gasteiger partial charge in [0.05, 0.1) is 4.88 Å². The van der Waals surface area contributed by atoms with Crippen LogP contribution in [0.25, 0.3) is 9.40 Å².